The Morgan fingerprint density at radius 3 is 2.41 bits per heavy atom. The number of carbonyl (C=O) groups excluding carboxylic acids is 1. The van der Waals surface area contributed by atoms with Crippen molar-refractivity contribution in [2.75, 3.05) is 49.6 Å². The molecule has 2 aliphatic heterocycles. The molecule has 0 N–H and O–H groups in total. The number of amidine groups is 1. The summed E-state index contributed by atoms with van der Waals surface area (Å²) in [5.41, 5.74) is 2.22. The first-order valence-corrected chi connectivity index (χ1v) is 11.4. The van der Waals surface area contributed by atoms with Gasteiger partial charge in [-0.25, -0.2) is 0 Å². The number of hydrogen-bond acceptors (Lipinski definition) is 7. The van der Waals surface area contributed by atoms with Crippen LogP contribution in [0.5, 0.6) is 5.75 Å². The van der Waals surface area contributed by atoms with Gasteiger partial charge in [0.1, 0.15) is 11.6 Å². The molecule has 1 unspecified atom stereocenters. The molecule has 1 atom stereocenters. The van der Waals surface area contributed by atoms with Gasteiger partial charge >= 0.3 is 0 Å². The summed E-state index contributed by atoms with van der Waals surface area (Å²) < 4.78 is 5.37. The van der Waals surface area contributed by atoms with Crippen LogP contribution in [0.2, 0.25) is 0 Å². The Morgan fingerprint density at radius 2 is 1.75 bits per heavy atom. The van der Waals surface area contributed by atoms with Gasteiger partial charge in [0.15, 0.2) is 12.5 Å². The molecule has 1 fully saturated rings. The highest BCUT2D eigenvalue weighted by Gasteiger charge is 2.36. The Morgan fingerprint density at radius 1 is 1.03 bits per heavy atom. The fourth-order valence-electron chi connectivity index (χ4n) is 4.41. The molecule has 2 heterocycles. The van der Waals surface area contributed by atoms with E-state index in [1.54, 1.807) is 7.11 Å². The highest BCUT2D eigenvalue weighted by Crippen LogP contribution is 2.27. The van der Waals surface area contributed by atoms with Crippen molar-refractivity contribution in [2.24, 2.45) is 5.10 Å². The molecule has 0 amide bonds. The van der Waals surface area contributed by atoms with Gasteiger partial charge in [0.05, 0.1) is 7.11 Å². The van der Waals surface area contributed by atoms with E-state index in [1.807, 2.05) is 47.5 Å². The van der Waals surface area contributed by atoms with Gasteiger partial charge in [0.25, 0.3) is 0 Å². The Kier molecular flexibility index (Phi) is 6.95. The Hall–Kier alpha value is -3.06. The quantitative estimate of drug-likeness (QED) is 0.593. The lowest BCUT2D eigenvalue weighted by Gasteiger charge is -2.36. The number of hydrogen-bond donors (Lipinski definition) is 0. The number of anilines is 2. The van der Waals surface area contributed by atoms with Gasteiger partial charge in [-0.05, 0) is 38.1 Å². The van der Waals surface area contributed by atoms with E-state index in [2.05, 4.69) is 40.7 Å². The Labute approximate surface area is 190 Å². The summed E-state index contributed by atoms with van der Waals surface area (Å²) in [6, 6.07) is 18.5. The van der Waals surface area contributed by atoms with E-state index in [9.17, 15) is 4.79 Å². The molecule has 0 bridgehead atoms. The summed E-state index contributed by atoms with van der Waals surface area (Å²) >= 11 is 0. The summed E-state index contributed by atoms with van der Waals surface area (Å²) in [5.74, 6) is 1.85. The van der Waals surface area contributed by atoms with Crippen molar-refractivity contribution in [1.29, 1.82) is 0 Å². The number of piperazine rings is 1. The van der Waals surface area contributed by atoms with Gasteiger partial charge in [-0.3, -0.25) is 19.6 Å². The zero-order chi connectivity index (χ0) is 22.5. The molecule has 2 aromatic rings. The molecular weight excluding hydrogens is 402 g/mol. The molecule has 170 valence electrons. The van der Waals surface area contributed by atoms with Crippen LogP contribution in [-0.2, 0) is 4.79 Å². The molecule has 32 heavy (non-hydrogen) atoms. The number of para-hydroxylation sites is 1. The molecule has 4 rings (SSSR count). The van der Waals surface area contributed by atoms with Crippen LogP contribution in [0.4, 0.5) is 11.4 Å². The number of ether oxygens (including phenoxy) is 1. The van der Waals surface area contributed by atoms with E-state index in [0.29, 0.717) is 0 Å². The molecule has 2 aromatic carbocycles. The predicted molar refractivity (Wildman–Crippen MR) is 129 cm³/mol. The third-order valence-corrected chi connectivity index (χ3v) is 6.17. The Balaban J connectivity index is 1.40. The van der Waals surface area contributed by atoms with Crippen molar-refractivity contribution < 1.29 is 9.53 Å². The van der Waals surface area contributed by atoms with Crippen LogP contribution < -0.4 is 14.5 Å². The maximum Gasteiger partial charge on any atom is 0.180 e. The van der Waals surface area contributed by atoms with Gasteiger partial charge < -0.3 is 9.64 Å². The third-order valence-electron chi connectivity index (χ3n) is 6.17. The van der Waals surface area contributed by atoms with Crippen molar-refractivity contribution in [3.63, 3.8) is 0 Å². The van der Waals surface area contributed by atoms with Crippen molar-refractivity contribution in [1.82, 2.24) is 9.91 Å². The van der Waals surface area contributed by atoms with E-state index >= 15 is 0 Å². The van der Waals surface area contributed by atoms with Crippen LogP contribution in [0, 0.1) is 0 Å². The number of benzene rings is 2. The van der Waals surface area contributed by atoms with E-state index in [4.69, 9.17) is 9.84 Å². The maximum atomic E-state index is 12.0. The van der Waals surface area contributed by atoms with Gasteiger partial charge in [-0.15, -0.1) is 0 Å². The second-order valence-electron chi connectivity index (χ2n) is 8.53. The fraction of sp³-hybridized carbons (Fsp3) is 0.440. The van der Waals surface area contributed by atoms with E-state index < -0.39 is 6.17 Å². The highest BCUT2D eigenvalue weighted by atomic mass is 16.5. The molecule has 1 saturated heterocycles. The molecule has 7 nitrogen and oxygen atoms in total. The minimum atomic E-state index is -0.391. The normalized spacial score (nSPS) is 19.4. The van der Waals surface area contributed by atoms with E-state index in [1.165, 1.54) is 5.69 Å². The van der Waals surface area contributed by atoms with Crippen molar-refractivity contribution in [3.05, 3.63) is 54.6 Å². The molecule has 0 spiro atoms. The molecule has 0 saturated carbocycles. The van der Waals surface area contributed by atoms with Gasteiger partial charge in [0.2, 0.25) is 0 Å². The lowest BCUT2D eigenvalue weighted by molar-refractivity contribution is -0.112. The number of carbonyl (C=O) groups is 1. The third kappa shape index (κ3) is 4.72. The van der Waals surface area contributed by atoms with Crippen LogP contribution in [-0.4, -0.2) is 74.1 Å². The minimum absolute atomic E-state index is 0.153. The molecule has 0 radical (unpaired) electrons. The van der Waals surface area contributed by atoms with E-state index in [-0.39, 0.29) is 6.04 Å². The standard InChI is InChI=1S/C25H33N5O2/c1-20(2)30-25(19-31)29(21-8-5-4-6-9-21)24(26-30)12-13-27-14-16-28(17-15-27)22-10-7-11-23(18-22)32-3/h4-11,18-20,25H,12-17H2,1-3H3. The molecule has 0 aliphatic carbocycles. The van der Waals surface area contributed by atoms with Gasteiger partial charge in [0, 0.05) is 62.6 Å². The number of hydrazone groups is 1. The average molecular weight is 436 g/mol. The second-order valence-corrected chi connectivity index (χ2v) is 8.53. The maximum absolute atomic E-state index is 12.0. The monoisotopic (exact) mass is 435 g/mol. The van der Waals surface area contributed by atoms with Crippen LogP contribution in [0.1, 0.15) is 20.3 Å². The molecule has 0 aromatic heterocycles. The number of aldehydes is 1. The first kappa shape index (κ1) is 22.1. The summed E-state index contributed by atoms with van der Waals surface area (Å²) in [6.07, 6.45) is 1.41. The lowest BCUT2D eigenvalue weighted by atomic mass is 10.2. The van der Waals surface area contributed by atoms with Crippen LogP contribution in [0.25, 0.3) is 0 Å². The van der Waals surface area contributed by atoms with Crippen LogP contribution in [0.15, 0.2) is 59.7 Å². The fourth-order valence-corrected chi connectivity index (χ4v) is 4.41. The number of methoxy groups -OCH3 is 1. The summed E-state index contributed by atoms with van der Waals surface area (Å²) in [5, 5.41) is 6.77. The van der Waals surface area contributed by atoms with Crippen molar-refractivity contribution in [3.8, 4) is 5.75 Å². The smallest absolute Gasteiger partial charge is 0.180 e. The SMILES string of the molecule is COc1cccc(N2CCN(CCC3=NN(C(C)C)C(C=O)N3c3ccccc3)CC2)c1. The summed E-state index contributed by atoms with van der Waals surface area (Å²) in [7, 11) is 1.71. The average Bonchev–Trinajstić information content (AvgIpc) is 3.22. The summed E-state index contributed by atoms with van der Waals surface area (Å²) in [4.78, 5) is 19.0. The topological polar surface area (TPSA) is 51.6 Å². The van der Waals surface area contributed by atoms with Crippen molar-refractivity contribution in [2.45, 2.75) is 32.5 Å². The predicted octanol–water partition coefficient (Wildman–Crippen LogP) is 3.28. The highest BCUT2D eigenvalue weighted by molar-refractivity contribution is 6.02. The van der Waals surface area contributed by atoms with Crippen LogP contribution in [0.3, 0.4) is 0 Å². The van der Waals surface area contributed by atoms with Crippen molar-refractivity contribution >= 4 is 23.5 Å². The first-order valence-electron chi connectivity index (χ1n) is 11.4. The molecule has 7 heteroatoms. The second kappa shape index (κ2) is 10.0. The zero-order valence-electron chi connectivity index (χ0n) is 19.2. The molecule has 2 aliphatic rings. The largest absolute Gasteiger partial charge is 0.497 e. The minimum Gasteiger partial charge on any atom is -0.497 e. The van der Waals surface area contributed by atoms with Crippen LogP contribution >= 0.6 is 0 Å². The zero-order valence-corrected chi connectivity index (χ0v) is 19.2. The number of nitrogens with zero attached hydrogens (tertiary/aromatic N) is 5. The van der Waals surface area contributed by atoms with Gasteiger partial charge in [-0.1, -0.05) is 24.3 Å². The first-order chi connectivity index (χ1) is 15.6. The van der Waals surface area contributed by atoms with Gasteiger partial charge in [-0.2, -0.15) is 5.10 Å². The number of rotatable bonds is 8. The summed E-state index contributed by atoms with van der Waals surface area (Å²) in [6.45, 7) is 9.04. The Bertz CT molecular complexity index is 925. The lowest BCUT2D eigenvalue weighted by Crippen LogP contribution is -2.48. The molecular formula is C25H33N5O2. The van der Waals surface area contributed by atoms with E-state index in [0.717, 1.165) is 62.7 Å².